The summed E-state index contributed by atoms with van der Waals surface area (Å²) in [5, 5.41) is 9.49. The van der Waals surface area contributed by atoms with Crippen molar-refractivity contribution in [3.63, 3.8) is 0 Å². The van der Waals surface area contributed by atoms with Crippen molar-refractivity contribution in [2.24, 2.45) is 0 Å². The third-order valence-electron chi connectivity index (χ3n) is 6.34. The number of rotatable bonds is 10. The second kappa shape index (κ2) is 12.9. The lowest BCUT2D eigenvalue weighted by molar-refractivity contribution is -0.140. The Morgan fingerprint density at radius 3 is 2.16 bits per heavy atom. The van der Waals surface area contributed by atoms with Gasteiger partial charge in [0, 0.05) is 19.0 Å². The maximum Gasteiger partial charge on any atom is 0.407 e. The van der Waals surface area contributed by atoms with E-state index in [0.717, 1.165) is 5.56 Å². The van der Waals surface area contributed by atoms with Gasteiger partial charge in [0.15, 0.2) is 5.11 Å². The Hall–Kier alpha value is -3.91. The number of thiocarbonyl (C=S) groups is 1. The van der Waals surface area contributed by atoms with Gasteiger partial charge in [-0.25, -0.2) is 4.79 Å². The van der Waals surface area contributed by atoms with Crippen LogP contribution in [0.2, 0.25) is 0 Å². The highest BCUT2D eigenvalue weighted by molar-refractivity contribution is 7.80. The molecule has 0 saturated carbocycles. The summed E-state index contributed by atoms with van der Waals surface area (Å²) in [5.41, 5.74) is 5.79. The molecule has 0 aliphatic heterocycles. The van der Waals surface area contributed by atoms with E-state index in [4.69, 9.17) is 17.0 Å². The topological polar surface area (TPSA) is 88.7 Å². The largest absolute Gasteiger partial charge is 0.469 e. The van der Waals surface area contributed by atoms with Gasteiger partial charge in [-0.05, 0) is 46.5 Å². The van der Waals surface area contributed by atoms with Crippen LogP contribution in [-0.2, 0) is 20.7 Å². The van der Waals surface area contributed by atoms with Crippen molar-refractivity contribution >= 4 is 29.4 Å². The molecule has 0 unspecified atom stereocenters. The van der Waals surface area contributed by atoms with Crippen LogP contribution in [0.15, 0.2) is 78.9 Å². The minimum Gasteiger partial charge on any atom is -0.469 e. The van der Waals surface area contributed by atoms with E-state index in [2.05, 4.69) is 45.0 Å². The molecule has 0 fully saturated rings. The van der Waals surface area contributed by atoms with Gasteiger partial charge in [-0.3, -0.25) is 4.79 Å². The average molecular weight is 518 g/mol. The molecule has 0 radical (unpaired) electrons. The minimum atomic E-state index is -0.478. The van der Waals surface area contributed by atoms with E-state index in [1.54, 1.807) is 0 Å². The molecule has 0 heterocycles. The first-order valence-electron chi connectivity index (χ1n) is 12.3. The number of amides is 1. The van der Waals surface area contributed by atoms with Gasteiger partial charge in [0.05, 0.1) is 19.6 Å². The van der Waals surface area contributed by atoms with Crippen LogP contribution < -0.4 is 16.0 Å². The molecule has 0 spiro atoms. The number of nitrogens with one attached hydrogen (secondary N) is 3. The van der Waals surface area contributed by atoms with Crippen molar-refractivity contribution in [1.82, 2.24) is 16.0 Å². The maximum atomic E-state index is 12.9. The van der Waals surface area contributed by atoms with Crippen LogP contribution in [0.1, 0.15) is 29.0 Å². The van der Waals surface area contributed by atoms with E-state index < -0.39 is 6.09 Å². The van der Waals surface area contributed by atoms with E-state index in [9.17, 15) is 9.59 Å². The van der Waals surface area contributed by atoms with Gasteiger partial charge >= 0.3 is 12.1 Å². The van der Waals surface area contributed by atoms with Crippen molar-refractivity contribution in [3.05, 3.63) is 95.6 Å². The lowest BCUT2D eigenvalue weighted by Gasteiger charge is -2.21. The van der Waals surface area contributed by atoms with E-state index in [1.807, 2.05) is 54.6 Å². The number of methoxy groups -OCH3 is 1. The van der Waals surface area contributed by atoms with Crippen LogP contribution in [0, 0.1) is 0 Å². The standard InChI is InChI=1S/C29H31N3O4S/c1-35-27(33)15-16-30-28(37)31-18-21(17-20-9-3-2-4-10-20)32-29(34)36-19-26-24-13-7-5-11-22(24)23-12-6-8-14-25(23)26/h2-14,21,26H,15-19H2,1H3,(H,32,34)(H2,30,31,37)/t21-/m0/s1. The van der Waals surface area contributed by atoms with Gasteiger partial charge in [-0.2, -0.15) is 0 Å². The Morgan fingerprint density at radius 2 is 1.51 bits per heavy atom. The molecule has 4 rings (SSSR count). The summed E-state index contributed by atoms with van der Waals surface area (Å²) in [6.07, 6.45) is 0.334. The van der Waals surface area contributed by atoms with Gasteiger partial charge in [0.1, 0.15) is 6.61 Å². The third kappa shape index (κ3) is 7.07. The van der Waals surface area contributed by atoms with E-state index >= 15 is 0 Å². The summed E-state index contributed by atoms with van der Waals surface area (Å²) in [6.45, 7) is 1.00. The number of carbonyl (C=O) groups is 2. The number of ether oxygens (including phenoxy) is 2. The Bertz CT molecular complexity index is 1190. The van der Waals surface area contributed by atoms with Crippen LogP contribution in [0.5, 0.6) is 0 Å². The average Bonchev–Trinajstić information content (AvgIpc) is 3.24. The number of carbonyl (C=O) groups excluding carboxylic acids is 2. The highest BCUT2D eigenvalue weighted by Crippen LogP contribution is 2.44. The molecule has 192 valence electrons. The molecule has 8 heteroatoms. The van der Waals surface area contributed by atoms with Crippen molar-refractivity contribution in [1.29, 1.82) is 0 Å². The highest BCUT2D eigenvalue weighted by atomic mass is 32.1. The number of fused-ring (bicyclic) bond motifs is 3. The Kier molecular flexibility index (Phi) is 9.10. The molecule has 3 aromatic carbocycles. The zero-order valence-corrected chi connectivity index (χ0v) is 21.6. The summed E-state index contributed by atoms with van der Waals surface area (Å²) in [7, 11) is 1.35. The fraction of sp³-hybridized carbons (Fsp3) is 0.276. The monoisotopic (exact) mass is 517 g/mol. The molecule has 1 atom stereocenters. The molecule has 7 nitrogen and oxygen atoms in total. The Balaban J connectivity index is 1.35. The summed E-state index contributed by atoms with van der Waals surface area (Å²) in [6, 6.07) is 26.1. The van der Waals surface area contributed by atoms with Gasteiger partial charge in [-0.15, -0.1) is 0 Å². The third-order valence-corrected chi connectivity index (χ3v) is 6.63. The molecule has 0 bridgehead atoms. The molecule has 37 heavy (non-hydrogen) atoms. The number of benzene rings is 3. The Morgan fingerprint density at radius 1 is 0.892 bits per heavy atom. The molecule has 1 amide bonds. The SMILES string of the molecule is COC(=O)CCNC(=S)NC[C@H](Cc1ccccc1)NC(=O)OCC1c2ccccc2-c2ccccc21. The van der Waals surface area contributed by atoms with E-state index in [1.165, 1.54) is 29.4 Å². The van der Waals surface area contributed by atoms with Gasteiger partial charge in [-0.1, -0.05) is 78.9 Å². The van der Waals surface area contributed by atoms with Crippen LogP contribution in [0.3, 0.4) is 0 Å². The van der Waals surface area contributed by atoms with Gasteiger partial charge < -0.3 is 25.4 Å². The molecule has 0 aromatic heterocycles. The summed E-state index contributed by atoms with van der Waals surface area (Å²) in [4.78, 5) is 24.2. The predicted molar refractivity (Wildman–Crippen MR) is 147 cm³/mol. The molecule has 0 saturated heterocycles. The van der Waals surface area contributed by atoms with Crippen LogP contribution >= 0.6 is 12.2 Å². The first-order valence-corrected chi connectivity index (χ1v) is 12.7. The minimum absolute atomic E-state index is 0.00423. The summed E-state index contributed by atoms with van der Waals surface area (Å²) >= 11 is 5.32. The number of alkyl carbamates (subject to hydrolysis) is 1. The second-order valence-electron chi connectivity index (χ2n) is 8.82. The zero-order chi connectivity index (χ0) is 26.0. The molecule has 3 N–H and O–H groups in total. The number of esters is 1. The van der Waals surface area contributed by atoms with Crippen LogP contribution in [-0.4, -0.2) is 50.0 Å². The lowest BCUT2D eigenvalue weighted by Crippen LogP contribution is -2.47. The Labute approximate surface area is 222 Å². The molecule has 1 aliphatic carbocycles. The quantitative estimate of drug-likeness (QED) is 0.275. The normalized spacial score (nSPS) is 12.6. The number of hydrogen-bond donors (Lipinski definition) is 3. The van der Waals surface area contributed by atoms with Crippen molar-refractivity contribution in [2.45, 2.75) is 24.8 Å². The first kappa shape index (κ1) is 26.2. The summed E-state index contributed by atoms with van der Waals surface area (Å²) in [5.74, 6) is -0.315. The fourth-order valence-corrected chi connectivity index (χ4v) is 4.72. The predicted octanol–water partition coefficient (Wildman–Crippen LogP) is 4.16. The van der Waals surface area contributed by atoms with Crippen LogP contribution in [0.4, 0.5) is 4.79 Å². The first-order chi connectivity index (χ1) is 18.0. The van der Waals surface area contributed by atoms with E-state index in [-0.39, 0.29) is 31.0 Å². The van der Waals surface area contributed by atoms with Gasteiger partial charge in [0.25, 0.3) is 0 Å². The maximum absolute atomic E-state index is 12.9. The van der Waals surface area contributed by atoms with Crippen LogP contribution in [0.25, 0.3) is 11.1 Å². The molecular weight excluding hydrogens is 486 g/mol. The fourth-order valence-electron chi connectivity index (χ4n) is 4.54. The number of hydrogen-bond acceptors (Lipinski definition) is 5. The molecule has 3 aromatic rings. The molecular formula is C29H31N3O4S. The smallest absolute Gasteiger partial charge is 0.407 e. The molecule has 1 aliphatic rings. The van der Waals surface area contributed by atoms with E-state index in [0.29, 0.717) is 24.6 Å². The highest BCUT2D eigenvalue weighted by Gasteiger charge is 2.29. The second-order valence-corrected chi connectivity index (χ2v) is 9.23. The van der Waals surface area contributed by atoms with Gasteiger partial charge in [0.2, 0.25) is 0 Å². The zero-order valence-electron chi connectivity index (χ0n) is 20.7. The summed E-state index contributed by atoms with van der Waals surface area (Å²) < 4.78 is 10.4. The lowest BCUT2D eigenvalue weighted by atomic mass is 9.98. The van der Waals surface area contributed by atoms with Crippen molar-refractivity contribution < 1.29 is 19.1 Å². The van der Waals surface area contributed by atoms with Crippen molar-refractivity contribution in [3.8, 4) is 11.1 Å². The van der Waals surface area contributed by atoms with Crippen molar-refractivity contribution in [2.75, 3.05) is 26.8 Å².